The molecule has 5 heteroatoms. The molecule has 0 aliphatic rings. The van der Waals surface area contributed by atoms with Gasteiger partial charge in [0.25, 0.3) is 0 Å². The van der Waals surface area contributed by atoms with Crippen LogP contribution in [0.3, 0.4) is 0 Å². The van der Waals surface area contributed by atoms with Crippen molar-refractivity contribution in [1.82, 2.24) is 14.5 Å². The first-order valence-electron chi connectivity index (χ1n) is 15.3. The average Bonchev–Trinajstić information content (AvgIpc) is 3.72. The summed E-state index contributed by atoms with van der Waals surface area (Å²) in [5, 5.41) is 2.25. The molecule has 0 fully saturated rings. The van der Waals surface area contributed by atoms with E-state index in [2.05, 4.69) is 119 Å². The molecule has 47 heavy (non-hydrogen) atoms. The SMILES string of the molecule is [Pt+2].[c-]1c(-c2ccccn2)cccc1-n1c2[c-]c(-c3nc4cccc(-c5ccc(-c6ccccc6)cc5)c4o3)ccc2c2ccccc21. The number of fused-ring (bicyclic) bond motifs is 4. The average molecular weight is 783 g/mol. The van der Waals surface area contributed by atoms with E-state index in [0.29, 0.717) is 5.89 Å². The van der Waals surface area contributed by atoms with Gasteiger partial charge in [-0.3, -0.25) is 4.98 Å². The van der Waals surface area contributed by atoms with Crippen LogP contribution in [0.4, 0.5) is 0 Å². The van der Waals surface area contributed by atoms with Crippen LogP contribution < -0.4 is 0 Å². The second kappa shape index (κ2) is 12.0. The summed E-state index contributed by atoms with van der Waals surface area (Å²) in [6, 6.07) is 57.1. The van der Waals surface area contributed by atoms with Gasteiger partial charge in [0.15, 0.2) is 0 Å². The summed E-state index contributed by atoms with van der Waals surface area (Å²) in [4.78, 5) is 9.48. The number of pyridine rings is 1. The minimum absolute atomic E-state index is 0. The van der Waals surface area contributed by atoms with Crippen molar-refractivity contribution in [3.8, 4) is 50.7 Å². The van der Waals surface area contributed by atoms with Crippen molar-refractivity contribution in [2.24, 2.45) is 0 Å². The molecule has 6 aromatic carbocycles. The van der Waals surface area contributed by atoms with Gasteiger partial charge in [0.05, 0.1) is 5.52 Å². The molecule has 0 N–H and O–H groups in total. The van der Waals surface area contributed by atoms with Crippen molar-refractivity contribution in [3.63, 3.8) is 0 Å². The standard InChI is InChI=1S/C42H25N3O.Pt/c1-2-10-28(11-3-1)29-19-21-30(22-20-29)34-15-9-17-38-41(34)46-42(44-38)32-23-24-36-35-14-4-5-18-39(35)45(40(36)27-32)33-13-8-12-31(26-33)37-16-6-7-25-43-37;/h1-25H;/q-2;+2. The van der Waals surface area contributed by atoms with Crippen molar-refractivity contribution >= 4 is 32.9 Å². The predicted molar refractivity (Wildman–Crippen MR) is 186 cm³/mol. The minimum Gasteiger partial charge on any atom is -0.480 e. The fourth-order valence-electron chi connectivity index (χ4n) is 6.29. The van der Waals surface area contributed by atoms with Gasteiger partial charge in [-0.2, -0.15) is 0 Å². The van der Waals surface area contributed by atoms with Crippen LogP contribution >= 0.6 is 0 Å². The van der Waals surface area contributed by atoms with Gasteiger partial charge < -0.3 is 14.0 Å². The van der Waals surface area contributed by atoms with Crippen molar-refractivity contribution in [2.45, 2.75) is 0 Å². The van der Waals surface area contributed by atoms with E-state index in [1.54, 1.807) is 0 Å². The number of hydrogen-bond acceptors (Lipinski definition) is 3. The molecule has 0 spiro atoms. The molecule has 0 atom stereocenters. The molecule has 3 heterocycles. The zero-order chi connectivity index (χ0) is 30.5. The van der Waals surface area contributed by atoms with Crippen LogP contribution in [0, 0.1) is 12.1 Å². The van der Waals surface area contributed by atoms with E-state index in [-0.39, 0.29) is 21.1 Å². The van der Waals surface area contributed by atoms with E-state index in [4.69, 9.17) is 9.40 Å². The fraction of sp³-hybridized carbons (Fsp3) is 0. The maximum atomic E-state index is 6.53. The van der Waals surface area contributed by atoms with Gasteiger partial charge in [0, 0.05) is 17.3 Å². The normalized spacial score (nSPS) is 11.2. The van der Waals surface area contributed by atoms with Crippen molar-refractivity contribution < 1.29 is 25.5 Å². The smallest absolute Gasteiger partial charge is 0.480 e. The maximum absolute atomic E-state index is 6.53. The third-order valence-electron chi connectivity index (χ3n) is 8.49. The fourth-order valence-corrected chi connectivity index (χ4v) is 6.29. The predicted octanol–water partition coefficient (Wildman–Crippen LogP) is 10.6. The Morgan fingerprint density at radius 2 is 1.32 bits per heavy atom. The summed E-state index contributed by atoms with van der Waals surface area (Å²) < 4.78 is 8.74. The Kier molecular flexibility index (Phi) is 7.36. The Balaban J connectivity index is 0.00000324. The molecule has 0 unspecified atom stereocenters. The molecule has 0 saturated heterocycles. The Hall–Kier alpha value is -5.57. The Morgan fingerprint density at radius 1 is 0.553 bits per heavy atom. The Labute approximate surface area is 286 Å². The van der Waals surface area contributed by atoms with Crippen LogP contribution in [-0.2, 0) is 21.1 Å². The van der Waals surface area contributed by atoms with Crippen molar-refractivity contribution in [2.75, 3.05) is 0 Å². The number of rotatable bonds is 5. The zero-order valence-electron chi connectivity index (χ0n) is 25.0. The molecule has 3 aromatic heterocycles. The van der Waals surface area contributed by atoms with E-state index in [1.165, 1.54) is 11.1 Å². The summed E-state index contributed by atoms with van der Waals surface area (Å²) >= 11 is 0. The first-order valence-corrected chi connectivity index (χ1v) is 15.3. The second-order valence-electron chi connectivity index (χ2n) is 11.3. The molecule has 0 radical (unpaired) electrons. The van der Waals surface area contributed by atoms with Crippen LogP contribution in [0.25, 0.3) is 83.6 Å². The molecule has 0 bridgehead atoms. The van der Waals surface area contributed by atoms with Gasteiger partial charge in [-0.1, -0.05) is 108 Å². The third kappa shape index (κ3) is 5.08. The first-order chi connectivity index (χ1) is 22.8. The summed E-state index contributed by atoms with van der Waals surface area (Å²) in [7, 11) is 0. The van der Waals surface area contributed by atoms with Gasteiger partial charge in [-0.15, -0.1) is 48.0 Å². The molecule has 9 rings (SSSR count). The monoisotopic (exact) mass is 782 g/mol. The summed E-state index contributed by atoms with van der Waals surface area (Å²) in [5.41, 5.74) is 11.6. The summed E-state index contributed by atoms with van der Waals surface area (Å²) in [6.07, 6.45) is 1.81. The number of benzene rings is 6. The number of aromatic nitrogens is 3. The summed E-state index contributed by atoms with van der Waals surface area (Å²) in [6.45, 7) is 0. The minimum atomic E-state index is 0. The van der Waals surface area contributed by atoms with E-state index in [9.17, 15) is 0 Å². The Bertz CT molecular complexity index is 2520. The molecular weight excluding hydrogens is 758 g/mol. The summed E-state index contributed by atoms with van der Waals surface area (Å²) in [5.74, 6) is 0.535. The van der Waals surface area contributed by atoms with Crippen LogP contribution in [-0.4, -0.2) is 14.5 Å². The Morgan fingerprint density at radius 3 is 2.17 bits per heavy atom. The molecule has 0 aliphatic heterocycles. The molecule has 0 aliphatic carbocycles. The largest absolute Gasteiger partial charge is 2.00 e. The van der Waals surface area contributed by atoms with Gasteiger partial charge >= 0.3 is 21.1 Å². The molecule has 9 aromatic rings. The second-order valence-corrected chi connectivity index (χ2v) is 11.3. The van der Waals surface area contributed by atoms with E-state index >= 15 is 0 Å². The molecular formula is C42H25N3OPt. The zero-order valence-corrected chi connectivity index (χ0v) is 27.3. The van der Waals surface area contributed by atoms with Crippen molar-refractivity contribution in [3.05, 3.63) is 164 Å². The van der Waals surface area contributed by atoms with Crippen LogP contribution in [0.5, 0.6) is 0 Å². The third-order valence-corrected chi connectivity index (χ3v) is 8.49. The topological polar surface area (TPSA) is 43.9 Å². The van der Waals surface area contributed by atoms with Crippen LogP contribution in [0.1, 0.15) is 0 Å². The number of hydrogen-bond donors (Lipinski definition) is 0. The van der Waals surface area contributed by atoms with Gasteiger partial charge in [-0.25, -0.2) is 0 Å². The molecule has 0 amide bonds. The van der Waals surface area contributed by atoms with E-state index in [1.807, 2.05) is 54.7 Å². The van der Waals surface area contributed by atoms with Gasteiger partial charge in [0.1, 0.15) is 11.5 Å². The molecule has 0 saturated carbocycles. The molecule has 4 nitrogen and oxygen atoms in total. The van der Waals surface area contributed by atoms with Gasteiger partial charge in [-0.05, 0) is 57.2 Å². The van der Waals surface area contributed by atoms with Crippen molar-refractivity contribution in [1.29, 1.82) is 0 Å². The number of para-hydroxylation sites is 2. The molecule has 224 valence electrons. The maximum Gasteiger partial charge on any atom is 2.00 e. The van der Waals surface area contributed by atoms with E-state index < -0.39 is 0 Å². The number of nitrogens with zero attached hydrogens (tertiary/aromatic N) is 3. The van der Waals surface area contributed by atoms with Gasteiger partial charge in [0.2, 0.25) is 0 Å². The van der Waals surface area contributed by atoms with Crippen LogP contribution in [0.15, 0.2) is 156 Å². The van der Waals surface area contributed by atoms with E-state index in [0.717, 1.165) is 66.5 Å². The quantitative estimate of drug-likeness (QED) is 0.163. The first kappa shape index (κ1) is 28.9. The van der Waals surface area contributed by atoms with Crippen LogP contribution in [0.2, 0.25) is 0 Å². The number of oxazole rings is 1.